The van der Waals surface area contributed by atoms with Crippen LogP contribution in [0.3, 0.4) is 0 Å². The van der Waals surface area contributed by atoms with Gasteiger partial charge in [-0.2, -0.15) is 0 Å². The number of nitrogens with zero attached hydrogens (tertiary/aromatic N) is 1. The van der Waals surface area contributed by atoms with E-state index in [9.17, 15) is 0 Å². The largest absolute Gasteiger partial charge is 0.381 e. The highest BCUT2D eigenvalue weighted by Gasteiger charge is 2.29. The van der Waals surface area contributed by atoms with Gasteiger partial charge in [0, 0.05) is 25.7 Å². The van der Waals surface area contributed by atoms with E-state index < -0.39 is 0 Å². The molecular formula is C12H24N2O. The minimum atomic E-state index is 0.501. The zero-order chi connectivity index (χ0) is 10.7. The molecule has 0 spiro atoms. The van der Waals surface area contributed by atoms with Gasteiger partial charge in [-0.3, -0.25) is 4.90 Å². The zero-order valence-electron chi connectivity index (χ0n) is 10.0. The van der Waals surface area contributed by atoms with Gasteiger partial charge in [0.05, 0.1) is 6.10 Å². The van der Waals surface area contributed by atoms with Crippen molar-refractivity contribution in [3.63, 3.8) is 0 Å². The molecule has 0 aromatic carbocycles. The van der Waals surface area contributed by atoms with Gasteiger partial charge >= 0.3 is 0 Å². The molecule has 1 saturated heterocycles. The summed E-state index contributed by atoms with van der Waals surface area (Å²) in [5.41, 5.74) is 0. The van der Waals surface area contributed by atoms with Crippen LogP contribution in [-0.4, -0.2) is 50.3 Å². The van der Waals surface area contributed by atoms with E-state index in [1.165, 1.54) is 45.2 Å². The van der Waals surface area contributed by atoms with E-state index >= 15 is 0 Å². The quantitative estimate of drug-likeness (QED) is 0.762. The van der Waals surface area contributed by atoms with Crippen molar-refractivity contribution in [1.29, 1.82) is 0 Å². The second kappa shape index (κ2) is 5.28. The highest BCUT2D eigenvalue weighted by molar-refractivity contribution is 4.86. The lowest BCUT2D eigenvalue weighted by atomic mass is 9.91. The van der Waals surface area contributed by atoms with Gasteiger partial charge in [-0.25, -0.2) is 0 Å². The van der Waals surface area contributed by atoms with Crippen LogP contribution in [0.25, 0.3) is 0 Å². The summed E-state index contributed by atoms with van der Waals surface area (Å²) in [7, 11) is 4.14. The first kappa shape index (κ1) is 11.4. The highest BCUT2D eigenvalue weighted by Crippen LogP contribution is 2.26. The Bertz CT molecular complexity index is 192. The third-order valence-electron chi connectivity index (χ3n) is 4.12. The number of hydrogen-bond donors (Lipinski definition) is 1. The topological polar surface area (TPSA) is 24.5 Å². The van der Waals surface area contributed by atoms with E-state index in [0.29, 0.717) is 6.10 Å². The summed E-state index contributed by atoms with van der Waals surface area (Å²) in [4.78, 5) is 2.59. The molecule has 1 aliphatic carbocycles. The van der Waals surface area contributed by atoms with Gasteiger partial charge in [-0.1, -0.05) is 0 Å². The van der Waals surface area contributed by atoms with Gasteiger partial charge < -0.3 is 10.1 Å². The van der Waals surface area contributed by atoms with E-state index in [1.54, 1.807) is 0 Å². The van der Waals surface area contributed by atoms with E-state index in [1.807, 2.05) is 7.11 Å². The van der Waals surface area contributed by atoms with Crippen LogP contribution in [0.4, 0.5) is 0 Å². The Balaban J connectivity index is 1.85. The molecule has 0 bridgehead atoms. The van der Waals surface area contributed by atoms with Crippen molar-refractivity contribution in [3.8, 4) is 0 Å². The Morgan fingerprint density at radius 1 is 1.20 bits per heavy atom. The second-order valence-corrected chi connectivity index (χ2v) is 4.99. The standard InChI is InChI=1S/C12H24N2O/c1-14(11-6-7-13-9-11)10-4-3-5-12(8-10)15-2/h10-13H,3-9H2,1-2H3. The van der Waals surface area contributed by atoms with Crippen molar-refractivity contribution >= 4 is 0 Å². The second-order valence-electron chi connectivity index (χ2n) is 4.99. The van der Waals surface area contributed by atoms with Gasteiger partial charge in [0.1, 0.15) is 0 Å². The summed E-state index contributed by atoms with van der Waals surface area (Å²) in [6.45, 7) is 2.36. The molecular weight excluding hydrogens is 188 g/mol. The lowest BCUT2D eigenvalue weighted by Crippen LogP contribution is -2.44. The molecule has 2 aliphatic rings. The molecule has 2 rings (SSSR count). The first-order valence-corrected chi connectivity index (χ1v) is 6.26. The fraction of sp³-hybridized carbons (Fsp3) is 1.00. The molecule has 3 atom stereocenters. The number of nitrogens with one attached hydrogen (secondary N) is 1. The molecule has 1 N–H and O–H groups in total. The van der Waals surface area contributed by atoms with E-state index in [0.717, 1.165) is 12.1 Å². The monoisotopic (exact) mass is 212 g/mol. The van der Waals surface area contributed by atoms with Crippen molar-refractivity contribution < 1.29 is 4.74 Å². The first-order chi connectivity index (χ1) is 7.31. The molecule has 1 saturated carbocycles. The molecule has 3 unspecified atom stereocenters. The van der Waals surface area contributed by atoms with Crippen molar-refractivity contribution in [3.05, 3.63) is 0 Å². The van der Waals surface area contributed by atoms with Gasteiger partial charge in [0.25, 0.3) is 0 Å². The van der Waals surface area contributed by atoms with Crippen molar-refractivity contribution in [1.82, 2.24) is 10.2 Å². The molecule has 3 nitrogen and oxygen atoms in total. The fourth-order valence-electron chi connectivity index (χ4n) is 2.99. The maximum atomic E-state index is 5.49. The third kappa shape index (κ3) is 2.71. The lowest BCUT2D eigenvalue weighted by molar-refractivity contribution is 0.0258. The maximum Gasteiger partial charge on any atom is 0.0586 e. The average molecular weight is 212 g/mol. The van der Waals surface area contributed by atoms with E-state index in [2.05, 4.69) is 17.3 Å². The molecule has 3 heteroatoms. The summed E-state index contributed by atoms with van der Waals surface area (Å²) in [5.74, 6) is 0. The van der Waals surface area contributed by atoms with Crippen molar-refractivity contribution in [2.45, 2.75) is 50.3 Å². The van der Waals surface area contributed by atoms with Gasteiger partial charge in [0.15, 0.2) is 0 Å². The van der Waals surface area contributed by atoms with Crippen LogP contribution in [0.1, 0.15) is 32.1 Å². The van der Waals surface area contributed by atoms with Crippen LogP contribution in [0, 0.1) is 0 Å². The number of methoxy groups -OCH3 is 1. The Labute approximate surface area is 93.2 Å². The average Bonchev–Trinajstić information content (AvgIpc) is 2.81. The normalized spacial score (nSPS) is 37.4. The highest BCUT2D eigenvalue weighted by atomic mass is 16.5. The molecule has 0 aromatic heterocycles. The van der Waals surface area contributed by atoms with Crippen LogP contribution in [0.15, 0.2) is 0 Å². The minimum Gasteiger partial charge on any atom is -0.381 e. The SMILES string of the molecule is COC1CCCC(N(C)C2CCNC2)C1. The molecule has 15 heavy (non-hydrogen) atoms. The molecule has 1 aliphatic heterocycles. The first-order valence-electron chi connectivity index (χ1n) is 6.26. The number of likely N-dealkylation sites (N-methyl/N-ethyl adjacent to an activating group) is 1. The molecule has 1 heterocycles. The zero-order valence-corrected chi connectivity index (χ0v) is 10.0. The minimum absolute atomic E-state index is 0.501. The van der Waals surface area contributed by atoms with Crippen LogP contribution in [0.5, 0.6) is 0 Å². The molecule has 0 aromatic rings. The van der Waals surface area contributed by atoms with Gasteiger partial charge in [-0.05, 0) is 45.7 Å². The summed E-state index contributed by atoms with van der Waals surface area (Å²) in [6.07, 6.45) is 6.97. The lowest BCUT2D eigenvalue weighted by Gasteiger charge is -2.37. The predicted molar refractivity (Wildman–Crippen MR) is 62.1 cm³/mol. The van der Waals surface area contributed by atoms with E-state index in [-0.39, 0.29) is 0 Å². The molecule has 88 valence electrons. The van der Waals surface area contributed by atoms with Crippen LogP contribution >= 0.6 is 0 Å². The predicted octanol–water partition coefficient (Wildman–Crippen LogP) is 1.24. The summed E-state index contributed by atoms with van der Waals surface area (Å²) in [5, 5.41) is 3.44. The fourth-order valence-corrected chi connectivity index (χ4v) is 2.99. The van der Waals surface area contributed by atoms with Crippen LogP contribution in [0.2, 0.25) is 0 Å². The Morgan fingerprint density at radius 3 is 2.73 bits per heavy atom. The number of ether oxygens (including phenoxy) is 1. The van der Waals surface area contributed by atoms with Crippen LogP contribution in [-0.2, 0) is 4.74 Å². The Morgan fingerprint density at radius 2 is 2.07 bits per heavy atom. The summed E-state index contributed by atoms with van der Waals surface area (Å²) < 4.78 is 5.49. The summed E-state index contributed by atoms with van der Waals surface area (Å²) >= 11 is 0. The molecule has 0 amide bonds. The Hall–Kier alpha value is -0.120. The number of hydrogen-bond acceptors (Lipinski definition) is 3. The van der Waals surface area contributed by atoms with Gasteiger partial charge in [-0.15, -0.1) is 0 Å². The van der Waals surface area contributed by atoms with Crippen molar-refractivity contribution in [2.24, 2.45) is 0 Å². The summed E-state index contributed by atoms with van der Waals surface area (Å²) in [6, 6.07) is 1.50. The molecule has 0 radical (unpaired) electrons. The van der Waals surface area contributed by atoms with Gasteiger partial charge in [0.2, 0.25) is 0 Å². The maximum absolute atomic E-state index is 5.49. The Kier molecular flexibility index (Phi) is 4.00. The number of rotatable bonds is 3. The molecule has 2 fully saturated rings. The van der Waals surface area contributed by atoms with E-state index in [4.69, 9.17) is 4.74 Å². The third-order valence-corrected chi connectivity index (χ3v) is 4.12. The van der Waals surface area contributed by atoms with Crippen molar-refractivity contribution in [2.75, 3.05) is 27.2 Å². The van der Waals surface area contributed by atoms with Crippen LogP contribution < -0.4 is 5.32 Å². The smallest absolute Gasteiger partial charge is 0.0586 e.